The van der Waals surface area contributed by atoms with Gasteiger partial charge in [0.05, 0.1) is 5.69 Å². The Hall–Kier alpha value is -3.63. The number of nitriles is 1. The summed E-state index contributed by atoms with van der Waals surface area (Å²) in [5.74, 6) is 0.240. The van der Waals surface area contributed by atoms with E-state index in [-0.39, 0.29) is 23.3 Å². The largest absolute Gasteiger partial charge is 0.423 e. The predicted octanol–water partition coefficient (Wildman–Crippen LogP) is 4.14. The molecule has 4 rings (SSSR count). The molecule has 7 nitrogen and oxygen atoms in total. The molecular formula is C18H11ClN6O. The van der Waals surface area contributed by atoms with Crippen LogP contribution in [-0.2, 0) is 0 Å². The molecule has 2 heterocycles. The molecule has 0 saturated heterocycles. The van der Waals surface area contributed by atoms with Crippen molar-refractivity contribution in [2.24, 2.45) is 0 Å². The molecule has 0 unspecified atom stereocenters. The number of anilines is 3. The van der Waals surface area contributed by atoms with Crippen molar-refractivity contribution < 1.29 is 4.42 Å². The lowest BCUT2D eigenvalue weighted by atomic mass is 10.1. The highest BCUT2D eigenvalue weighted by atomic mass is 35.5. The summed E-state index contributed by atoms with van der Waals surface area (Å²) in [6.07, 6.45) is 0. The fourth-order valence-electron chi connectivity index (χ4n) is 2.48. The topological polar surface area (TPSA) is 114 Å². The smallest absolute Gasteiger partial charge is 0.302 e. The van der Waals surface area contributed by atoms with Gasteiger partial charge in [-0.1, -0.05) is 35.9 Å². The zero-order chi connectivity index (χ0) is 18.1. The lowest BCUT2D eigenvalue weighted by molar-refractivity contribution is 0.622. The Morgan fingerprint density at radius 1 is 1.04 bits per heavy atom. The van der Waals surface area contributed by atoms with Crippen LogP contribution in [0.25, 0.3) is 22.4 Å². The number of halogens is 1. The van der Waals surface area contributed by atoms with Gasteiger partial charge < -0.3 is 10.2 Å². The summed E-state index contributed by atoms with van der Waals surface area (Å²) >= 11 is 5.93. The van der Waals surface area contributed by atoms with E-state index in [1.54, 1.807) is 30.3 Å². The summed E-state index contributed by atoms with van der Waals surface area (Å²) in [5.41, 5.74) is 8.56. The van der Waals surface area contributed by atoms with Gasteiger partial charge in [-0.25, -0.2) is 4.98 Å². The van der Waals surface area contributed by atoms with E-state index in [0.29, 0.717) is 27.4 Å². The predicted molar refractivity (Wildman–Crippen MR) is 98.9 cm³/mol. The fourth-order valence-corrected chi connectivity index (χ4v) is 2.61. The van der Waals surface area contributed by atoms with Crippen LogP contribution < -0.4 is 11.1 Å². The highest BCUT2D eigenvalue weighted by Gasteiger charge is 2.15. The summed E-state index contributed by atoms with van der Waals surface area (Å²) < 4.78 is 5.60. The van der Waals surface area contributed by atoms with Crippen LogP contribution in [0.5, 0.6) is 0 Å². The molecule has 0 aliphatic carbocycles. The first kappa shape index (κ1) is 15.9. The molecule has 2 aromatic heterocycles. The van der Waals surface area contributed by atoms with Crippen molar-refractivity contribution in [3.8, 4) is 17.3 Å². The third-order valence-corrected chi connectivity index (χ3v) is 3.93. The maximum Gasteiger partial charge on any atom is 0.302 e. The molecule has 0 aliphatic heterocycles. The van der Waals surface area contributed by atoms with Gasteiger partial charge in [-0.05, 0) is 24.3 Å². The number of benzene rings is 2. The molecule has 3 N–H and O–H groups in total. The van der Waals surface area contributed by atoms with Crippen LogP contribution in [0.2, 0.25) is 5.02 Å². The van der Waals surface area contributed by atoms with Crippen molar-refractivity contribution in [1.29, 1.82) is 5.26 Å². The zero-order valence-electron chi connectivity index (χ0n) is 13.3. The number of oxazole rings is 1. The number of fused-ring (bicyclic) bond motifs is 1. The SMILES string of the molecule is N#Cc1c(N)nc(Nc2nc3ccccc3o2)nc1-c1ccc(Cl)cc1. The highest BCUT2D eigenvalue weighted by Crippen LogP contribution is 2.28. The van der Waals surface area contributed by atoms with E-state index in [1.807, 2.05) is 24.3 Å². The molecule has 8 heteroatoms. The molecule has 4 aromatic rings. The van der Waals surface area contributed by atoms with E-state index < -0.39 is 0 Å². The molecule has 0 aliphatic rings. The Balaban J connectivity index is 1.77. The second-order valence-electron chi connectivity index (χ2n) is 5.39. The minimum absolute atomic E-state index is 0.0612. The molecular weight excluding hydrogens is 352 g/mol. The molecule has 126 valence electrons. The number of nitrogens with zero attached hydrogens (tertiary/aromatic N) is 4. The molecule has 0 atom stereocenters. The van der Waals surface area contributed by atoms with Crippen LogP contribution in [0.1, 0.15) is 5.56 Å². The molecule has 2 aromatic carbocycles. The summed E-state index contributed by atoms with van der Waals surface area (Å²) in [4.78, 5) is 12.8. The number of nitrogen functional groups attached to an aromatic ring is 1. The molecule has 0 bridgehead atoms. The van der Waals surface area contributed by atoms with Gasteiger partial charge in [0.25, 0.3) is 0 Å². The van der Waals surface area contributed by atoms with Crippen LogP contribution in [-0.4, -0.2) is 15.0 Å². The second kappa shape index (κ2) is 6.35. The van der Waals surface area contributed by atoms with E-state index in [0.717, 1.165) is 0 Å². The number of rotatable bonds is 3. The lowest BCUT2D eigenvalue weighted by Gasteiger charge is -2.08. The average molecular weight is 363 g/mol. The van der Waals surface area contributed by atoms with Crippen LogP contribution >= 0.6 is 11.6 Å². The first-order valence-corrected chi connectivity index (χ1v) is 7.98. The molecule has 0 fully saturated rings. The van der Waals surface area contributed by atoms with E-state index >= 15 is 0 Å². The Labute approximate surface area is 153 Å². The van der Waals surface area contributed by atoms with Crippen molar-refractivity contribution in [2.75, 3.05) is 11.1 Å². The Kier molecular flexibility index (Phi) is 3.88. The first-order valence-electron chi connectivity index (χ1n) is 7.60. The third-order valence-electron chi connectivity index (χ3n) is 3.68. The first-order chi connectivity index (χ1) is 12.6. The van der Waals surface area contributed by atoms with Gasteiger partial charge in [-0.15, -0.1) is 0 Å². The van der Waals surface area contributed by atoms with Gasteiger partial charge in [-0.3, -0.25) is 5.32 Å². The standard InChI is InChI=1S/C18H11ClN6O/c19-11-7-5-10(6-8-11)15-12(9-20)16(21)24-17(23-15)25-18-22-13-3-1-2-4-14(13)26-18/h1-8H,(H3,21,22,23,24,25). The van der Waals surface area contributed by atoms with Gasteiger partial charge in [0, 0.05) is 10.6 Å². The van der Waals surface area contributed by atoms with Crippen molar-refractivity contribution >= 4 is 40.5 Å². The molecule has 0 saturated carbocycles. The average Bonchev–Trinajstić information content (AvgIpc) is 3.04. The number of hydrogen-bond acceptors (Lipinski definition) is 7. The Bertz CT molecular complexity index is 1110. The minimum atomic E-state index is 0.0612. The van der Waals surface area contributed by atoms with Crippen molar-refractivity contribution in [2.45, 2.75) is 0 Å². The Morgan fingerprint density at radius 3 is 2.54 bits per heavy atom. The quantitative estimate of drug-likeness (QED) is 0.563. The van der Waals surface area contributed by atoms with Gasteiger partial charge in [0.2, 0.25) is 5.95 Å². The van der Waals surface area contributed by atoms with Crippen LogP contribution in [0, 0.1) is 11.3 Å². The number of aromatic nitrogens is 3. The van der Waals surface area contributed by atoms with Gasteiger partial charge in [0.1, 0.15) is 23.0 Å². The minimum Gasteiger partial charge on any atom is -0.423 e. The van der Waals surface area contributed by atoms with Gasteiger partial charge in [-0.2, -0.15) is 15.2 Å². The van der Waals surface area contributed by atoms with Crippen molar-refractivity contribution in [3.63, 3.8) is 0 Å². The van der Waals surface area contributed by atoms with E-state index in [2.05, 4.69) is 20.3 Å². The fraction of sp³-hybridized carbons (Fsp3) is 0. The monoisotopic (exact) mass is 362 g/mol. The van der Waals surface area contributed by atoms with Gasteiger partial charge in [0.15, 0.2) is 5.58 Å². The van der Waals surface area contributed by atoms with E-state index in [9.17, 15) is 5.26 Å². The third kappa shape index (κ3) is 2.90. The number of para-hydroxylation sites is 2. The number of nitrogens with one attached hydrogen (secondary N) is 1. The zero-order valence-corrected chi connectivity index (χ0v) is 14.0. The van der Waals surface area contributed by atoms with Crippen LogP contribution in [0.15, 0.2) is 52.9 Å². The van der Waals surface area contributed by atoms with Crippen molar-refractivity contribution in [1.82, 2.24) is 15.0 Å². The number of hydrogen-bond donors (Lipinski definition) is 2. The lowest BCUT2D eigenvalue weighted by Crippen LogP contribution is -2.05. The molecule has 0 spiro atoms. The Morgan fingerprint density at radius 2 is 1.81 bits per heavy atom. The normalized spacial score (nSPS) is 10.6. The van der Waals surface area contributed by atoms with E-state index in [4.69, 9.17) is 21.8 Å². The van der Waals surface area contributed by atoms with E-state index in [1.165, 1.54) is 0 Å². The summed E-state index contributed by atoms with van der Waals surface area (Å²) in [7, 11) is 0. The molecule has 0 amide bonds. The molecule has 26 heavy (non-hydrogen) atoms. The van der Waals surface area contributed by atoms with Crippen LogP contribution in [0.4, 0.5) is 17.8 Å². The maximum atomic E-state index is 9.40. The summed E-state index contributed by atoms with van der Waals surface area (Å²) in [5, 5.41) is 12.9. The summed E-state index contributed by atoms with van der Waals surface area (Å²) in [6, 6.07) is 16.6. The maximum absolute atomic E-state index is 9.40. The highest BCUT2D eigenvalue weighted by molar-refractivity contribution is 6.30. The summed E-state index contributed by atoms with van der Waals surface area (Å²) in [6.45, 7) is 0. The van der Waals surface area contributed by atoms with Crippen molar-refractivity contribution in [3.05, 3.63) is 59.1 Å². The second-order valence-corrected chi connectivity index (χ2v) is 5.82. The number of nitrogens with two attached hydrogens (primary N) is 1. The van der Waals surface area contributed by atoms with Crippen LogP contribution in [0.3, 0.4) is 0 Å². The molecule has 0 radical (unpaired) electrons. The van der Waals surface area contributed by atoms with Gasteiger partial charge >= 0.3 is 6.01 Å².